The Balaban J connectivity index is 1.75. The molecular formula is C22H24N2O. The average molecular weight is 332 g/mol. The largest absolute Gasteiger partial charge is 0.496 e. The second kappa shape index (κ2) is 8.00. The lowest BCUT2D eigenvalue weighted by atomic mass is 9.93. The maximum Gasteiger partial charge on any atom is 0.127 e. The van der Waals surface area contributed by atoms with Crippen LogP contribution in [0.5, 0.6) is 5.75 Å². The Morgan fingerprint density at radius 1 is 1.08 bits per heavy atom. The second-order valence-corrected chi connectivity index (χ2v) is 6.49. The van der Waals surface area contributed by atoms with Gasteiger partial charge in [0.1, 0.15) is 5.75 Å². The van der Waals surface area contributed by atoms with E-state index in [2.05, 4.69) is 42.2 Å². The van der Waals surface area contributed by atoms with Crippen LogP contribution in [-0.2, 0) is 6.54 Å². The summed E-state index contributed by atoms with van der Waals surface area (Å²) in [5.41, 5.74) is 5.67. The van der Waals surface area contributed by atoms with Crippen LogP contribution in [-0.4, -0.2) is 25.1 Å². The molecule has 0 radical (unpaired) electrons. The summed E-state index contributed by atoms with van der Waals surface area (Å²) in [6.07, 6.45) is 1.87. The molecule has 25 heavy (non-hydrogen) atoms. The van der Waals surface area contributed by atoms with E-state index >= 15 is 0 Å². The van der Waals surface area contributed by atoms with E-state index in [0.29, 0.717) is 0 Å². The molecule has 1 fully saturated rings. The molecule has 0 aliphatic carbocycles. The van der Waals surface area contributed by atoms with Crippen molar-refractivity contribution in [2.24, 2.45) is 0 Å². The van der Waals surface area contributed by atoms with Crippen molar-refractivity contribution in [3.63, 3.8) is 0 Å². The van der Waals surface area contributed by atoms with Crippen molar-refractivity contribution in [2.45, 2.75) is 26.3 Å². The van der Waals surface area contributed by atoms with Crippen molar-refractivity contribution < 1.29 is 4.74 Å². The van der Waals surface area contributed by atoms with Gasteiger partial charge in [0.05, 0.1) is 18.8 Å². The first-order valence-corrected chi connectivity index (χ1v) is 8.75. The molecule has 0 amide bonds. The zero-order valence-corrected chi connectivity index (χ0v) is 15.0. The topological polar surface area (TPSA) is 36.3 Å². The summed E-state index contributed by atoms with van der Waals surface area (Å²) in [5, 5.41) is 9.71. The molecule has 1 aliphatic rings. The number of piperidine rings is 1. The van der Waals surface area contributed by atoms with Gasteiger partial charge in [0.25, 0.3) is 0 Å². The van der Waals surface area contributed by atoms with Gasteiger partial charge >= 0.3 is 0 Å². The van der Waals surface area contributed by atoms with Gasteiger partial charge in [-0.3, -0.25) is 4.90 Å². The smallest absolute Gasteiger partial charge is 0.127 e. The highest BCUT2D eigenvalue weighted by atomic mass is 16.5. The fourth-order valence-corrected chi connectivity index (χ4v) is 3.44. The third-order valence-electron chi connectivity index (χ3n) is 4.96. The van der Waals surface area contributed by atoms with E-state index in [0.717, 1.165) is 49.4 Å². The molecule has 0 aromatic heterocycles. The number of benzene rings is 2. The van der Waals surface area contributed by atoms with Crippen LogP contribution < -0.4 is 4.74 Å². The van der Waals surface area contributed by atoms with Crippen molar-refractivity contribution >= 4 is 5.57 Å². The van der Waals surface area contributed by atoms with Gasteiger partial charge in [0, 0.05) is 25.2 Å². The molecule has 0 N–H and O–H groups in total. The van der Waals surface area contributed by atoms with E-state index in [4.69, 9.17) is 4.74 Å². The predicted molar refractivity (Wildman–Crippen MR) is 101 cm³/mol. The van der Waals surface area contributed by atoms with Crippen LogP contribution in [0.3, 0.4) is 0 Å². The second-order valence-electron chi connectivity index (χ2n) is 6.49. The number of allylic oxidation sites excluding steroid dienone is 1. The third-order valence-corrected chi connectivity index (χ3v) is 4.96. The Kier molecular flexibility index (Phi) is 5.53. The molecule has 0 unspecified atom stereocenters. The highest BCUT2D eigenvalue weighted by Crippen LogP contribution is 2.32. The molecule has 1 aliphatic heterocycles. The molecule has 0 saturated carbocycles. The number of para-hydroxylation sites is 1. The number of ether oxygens (including phenoxy) is 1. The fraction of sp³-hybridized carbons (Fsp3) is 0.318. The van der Waals surface area contributed by atoms with Crippen molar-refractivity contribution in [2.75, 3.05) is 20.2 Å². The molecule has 0 spiro atoms. The van der Waals surface area contributed by atoms with Crippen LogP contribution in [0, 0.1) is 18.3 Å². The number of rotatable bonds is 4. The lowest BCUT2D eigenvalue weighted by molar-refractivity contribution is 0.248. The Morgan fingerprint density at radius 3 is 2.44 bits per heavy atom. The molecule has 3 rings (SSSR count). The molecule has 0 atom stereocenters. The Morgan fingerprint density at radius 2 is 1.76 bits per heavy atom. The van der Waals surface area contributed by atoms with Crippen LogP contribution in [0.2, 0.25) is 0 Å². The number of hydrogen-bond donors (Lipinski definition) is 0. The van der Waals surface area contributed by atoms with E-state index in [1.165, 1.54) is 16.7 Å². The summed E-state index contributed by atoms with van der Waals surface area (Å²) in [5.74, 6) is 0.772. The number of nitrogens with zero attached hydrogens (tertiary/aromatic N) is 2. The van der Waals surface area contributed by atoms with Gasteiger partial charge in [-0.25, -0.2) is 0 Å². The first-order chi connectivity index (χ1) is 12.2. The zero-order chi connectivity index (χ0) is 17.6. The molecule has 3 heteroatoms. The maximum atomic E-state index is 9.71. The fourth-order valence-electron chi connectivity index (χ4n) is 3.44. The van der Waals surface area contributed by atoms with Gasteiger partial charge < -0.3 is 4.74 Å². The summed E-state index contributed by atoms with van der Waals surface area (Å²) in [7, 11) is 1.66. The number of nitriles is 1. The van der Waals surface area contributed by atoms with Crippen LogP contribution in [0.25, 0.3) is 5.57 Å². The first kappa shape index (κ1) is 17.3. The quantitative estimate of drug-likeness (QED) is 0.769. The van der Waals surface area contributed by atoms with Gasteiger partial charge in [-0.15, -0.1) is 0 Å². The van der Waals surface area contributed by atoms with Crippen molar-refractivity contribution in [1.82, 2.24) is 4.90 Å². The molecule has 1 heterocycles. The van der Waals surface area contributed by atoms with Gasteiger partial charge in [-0.05, 0) is 48.6 Å². The monoisotopic (exact) mass is 332 g/mol. The molecular weight excluding hydrogens is 308 g/mol. The van der Waals surface area contributed by atoms with E-state index in [-0.39, 0.29) is 0 Å². The summed E-state index contributed by atoms with van der Waals surface area (Å²) in [4.78, 5) is 2.48. The minimum Gasteiger partial charge on any atom is -0.496 e. The minimum atomic E-state index is 0.772. The number of hydrogen-bond acceptors (Lipinski definition) is 3. The molecule has 128 valence electrons. The van der Waals surface area contributed by atoms with Crippen molar-refractivity contribution in [3.8, 4) is 11.8 Å². The highest BCUT2D eigenvalue weighted by molar-refractivity contribution is 5.82. The Hall–Kier alpha value is -2.57. The van der Waals surface area contributed by atoms with Gasteiger partial charge in [-0.1, -0.05) is 36.4 Å². The highest BCUT2D eigenvalue weighted by Gasteiger charge is 2.20. The molecule has 2 aromatic carbocycles. The molecule has 3 nitrogen and oxygen atoms in total. The first-order valence-electron chi connectivity index (χ1n) is 8.75. The predicted octanol–water partition coefficient (Wildman–Crippen LogP) is 4.58. The van der Waals surface area contributed by atoms with Gasteiger partial charge in [0.2, 0.25) is 0 Å². The lowest BCUT2D eigenvalue weighted by Gasteiger charge is -2.29. The number of methoxy groups -OCH3 is 1. The van der Waals surface area contributed by atoms with Crippen molar-refractivity contribution in [3.05, 3.63) is 70.8 Å². The summed E-state index contributed by atoms with van der Waals surface area (Å²) in [6.45, 7) is 5.13. The molecule has 1 saturated heterocycles. The van der Waals surface area contributed by atoms with Crippen LogP contribution in [0.1, 0.15) is 29.5 Å². The van der Waals surface area contributed by atoms with Gasteiger partial charge in [-0.2, -0.15) is 5.26 Å². The summed E-state index contributed by atoms with van der Waals surface area (Å²) in [6, 6.07) is 18.8. The molecule has 2 aromatic rings. The van der Waals surface area contributed by atoms with Gasteiger partial charge in [0.15, 0.2) is 0 Å². The number of aryl methyl sites for hydroxylation is 1. The van der Waals surface area contributed by atoms with Crippen LogP contribution in [0.15, 0.2) is 54.1 Å². The number of likely N-dealkylation sites (tertiary alicyclic amines) is 1. The van der Waals surface area contributed by atoms with E-state index in [1.54, 1.807) is 7.11 Å². The van der Waals surface area contributed by atoms with E-state index in [9.17, 15) is 5.26 Å². The molecule has 0 bridgehead atoms. The standard InChI is InChI=1S/C22H24N2O/c1-17-7-3-4-8-19(17)16-24-13-11-18(12-14-24)21(15-23)20-9-5-6-10-22(20)25-2/h3-10H,11-14,16H2,1-2H3. The summed E-state index contributed by atoms with van der Waals surface area (Å²) >= 11 is 0. The zero-order valence-electron chi connectivity index (χ0n) is 15.0. The SMILES string of the molecule is COc1ccccc1C(C#N)=C1CCN(Cc2ccccc2C)CC1. The van der Waals surface area contributed by atoms with E-state index < -0.39 is 0 Å². The Bertz CT molecular complexity index is 807. The van der Waals surface area contributed by atoms with Crippen LogP contribution in [0.4, 0.5) is 0 Å². The Labute approximate surface area is 150 Å². The van der Waals surface area contributed by atoms with Crippen molar-refractivity contribution in [1.29, 1.82) is 5.26 Å². The maximum absolute atomic E-state index is 9.71. The minimum absolute atomic E-state index is 0.772. The third kappa shape index (κ3) is 3.92. The normalized spacial score (nSPS) is 14.8. The summed E-state index contributed by atoms with van der Waals surface area (Å²) < 4.78 is 5.44. The lowest BCUT2D eigenvalue weighted by Crippen LogP contribution is -2.30. The average Bonchev–Trinajstić information content (AvgIpc) is 2.66. The van der Waals surface area contributed by atoms with Crippen LogP contribution >= 0.6 is 0 Å². The van der Waals surface area contributed by atoms with E-state index in [1.807, 2.05) is 24.3 Å².